The van der Waals surface area contributed by atoms with Crippen molar-refractivity contribution in [3.05, 3.63) is 42.1 Å². The molecule has 0 aliphatic heterocycles. The predicted molar refractivity (Wildman–Crippen MR) is 54.9 cm³/mol. The molecule has 0 atom stereocenters. The summed E-state index contributed by atoms with van der Waals surface area (Å²) in [4.78, 5) is 11.4. The van der Waals surface area contributed by atoms with Crippen molar-refractivity contribution < 1.29 is 0 Å². The van der Waals surface area contributed by atoms with E-state index in [1.54, 1.807) is 6.20 Å². The van der Waals surface area contributed by atoms with Gasteiger partial charge in [0, 0.05) is 6.20 Å². The van der Waals surface area contributed by atoms with Gasteiger partial charge in [-0.3, -0.25) is 0 Å². The Morgan fingerprint density at radius 3 is 2.93 bits per heavy atom. The SMILES string of the molecule is Cc1ncc(CNc2ccccn2)[nH]1. The molecule has 0 amide bonds. The zero-order valence-corrected chi connectivity index (χ0v) is 7.99. The van der Waals surface area contributed by atoms with Gasteiger partial charge in [-0.2, -0.15) is 0 Å². The Balaban J connectivity index is 1.95. The van der Waals surface area contributed by atoms with Crippen LogP contribution in [0.4, 0.5) is 5.82 Å². The summed E-state index contributed by atoms with van der Waals surface area (Å²) >= 11 is 0. The van der Waals surface area contributed by atoms with Gasteiger partial charge in [0.1, 0.15) is 11.6 Å². The molecule has 4 nitrogen and oxygen atoms in total. The maximum atomic E-state index is 4.16. The largest absolute Gasteiger partial charge is 0.364 e. The molecular weight excluding hydrogens is 176 g/mol. The second-order valence-corrected chi connectivity index (χ2v) is 3.06. The van der Waals surface area contributed by atoms with Crippen molar-refractivity contribution >= 4 is 5.82 Å². The number of nitrogens with zero attached hydrogens (tertiary/aromatic N) is 2. The molecule has 0 aliphatic carbocycles. The number of aromatic amines is 1. The Bertz CT molecular complexity index is 394. The first-order valence-electron chi connectivity index (χ1n) is 4.50. The number of anilines is 1. The van der Waals surface area contributed by atoms with Crippen LogP contribution in [0.25, 0.3) is 0 Å². The van der Waals surface area contributed by atoms with Gasteiger partial charge in [-0.1, -0.05) is 6.07 Å². The van der Waals surface area contributed by atoms with E-state index in [2.05, 4.69) is 20.3 Å². The van der Waals surface area contributed by atoms with E-state index in [-0.39, 0.29) is 0 Å². The summed E-state index contributed by atoms with van der Waals surface area (Å²) in [5.41, 5.74) is 1.06. The van der Waals surface area contributed by atoms with E-state index < -0.39 is 0 Å². The van der Waals surface area contributed by atoms with Crippen molar-refractivity contribution in [3.8, 4) is 0 Å². The number of hydrogen-bond acceptors (Lipinski definition) is 3. The minimum Gasteiger partial charge on any atom is -0.364 e. The molecule has 2 aromatic heterocycles. The third-order valence-corrected chi connectivity index (χ3v) is 1.88. The second kappa shape index (κ2) is 3.91. The number of aromatic nitrogens is 3. The van der Waals surface area contributed by atoms with Crippen LogP contribution < -0.4 is 5.32 Å². The number of pyridine rings is 1. The van der Waals surface area contributed by atoms with Crippen molar-refractivity contribution in [2.24, 2.45) is 0 Å². The predicted octanol–water partition coefficient (Wildman–Crippen LogP) is 1.73. The lowest BCUT2D eigenvalue weighted by Crippen LogP contribution is -2.00. The fourth-order valence-corrected chi connectivity index (χ4v) is 1.21. The van der Waals surface area contributed by atoms with E-state index in [0.717, 1.165) is 23.9 Å². The normalized spacial score (nSPS) is 10.1. The van der Waals surface area contributed by atoms with Gasteiger partial charge in [0.2, 0.25) is 0 Å². The minimum absolute atomic E-state index is 0.720. The highest BCUT2D eigenvalue weighted by atomic mass is 15.0. The summed E-state index contributed by atoms with van der Waals surface area (Å²) in [5, 5.41) is 3.19. The highest BCUT2D eigenvalue weighted by Crippen LogP contribution is 2.03. The van der Waals surface area contributed by atoms with Gasteiger partial charge in [-0.15, -0.1) is 0 Å². The minimum atomic E-state index is 0.720. The summed E-state index contributed by atoms with van der Waals surface area (Å²) < 4.78 is 0. The monoisotopic (exact) mass is 188 g/mol. The third kappa shape index (κ3) is 2.10. The molecule has 0 aromatic carbocycles. The van der Waals surface area contributed by atoms with Crippen molar-refractivity contribution in [3.63, 3.8) is 0 Å². The van der Waals surface area contributed by atoms with Gasteiger partial charge in [0.05, 0.1) is 18.4 Å². The topological polar surface area (TPSA) is 53.6 Å². The summed E-state index contributed by atoms with van der Waals surface area (Å²) in [6.45, 7) is 2.65. The lowest BCUT2D eigenvalue weighted by atomic mass is 10.4. The number of rotatable bonds is 3. The molecule has 0 spiro atoms. The molecule has 0 saturated heterocycles. The van der Waals surface area contributed by atoms with Gasteiger partial charge >= 0.3 is 0 Å². The van der Waals surface area contributed by atoms with Crippen molar-refractivity contribution in [1.82, 2.24) is 15.0 Å². The van der Waals surface area contributed by atoms with E-state index in [1.807, 2.05) is 31.3 Å². The van der Waals surface area contributed by atoms with Crippen LogP contribution in [0.5, 0.6) is 0 Å². The molecule has 4 heteroatoms. The first-order valence-corrected chi connectivity index (χ1v) is 4.50. The standard InChI is InChI=1S/C10H12N4/c1-8-12-6-9(14-8)7-13-10-4-2-3-5-11-10/h2-6H,7H2,1H3,(H,11,13)(H,12,14). The van der Waals surface area contributed by atoms with Crippen LogP contribution in [-0.2, 0) is 6.54 Å². The Morgan fingerprint density at radius 1 is 1.36 bits per heavy atom. The molecule has 14 heavy (non-hydrogen) atoms. The molecule has 0 aliphatic rings. The van der Waals surface area contributed by atoms with Crippen LogP contribution in [-0.4, -0.2) is 15.0 Å². The molecule has 0 radical (unpaired) electrons. The molecule has 2 aromatic rings. The van der Waals surface area contributed by atoms with Crippen LogP contribution in [0.2, 0.25) is 0 Å². The number of hydrogen-bond donors (Lipinski definition) is 2. The molecule has 0 bridgehead atoms. The van der Waals surface area contributed by atoms with E-state index in [9.17, 15) is 0 Å². The number of nitrogens with one attached hydrogen (secondary N) is 2. The molecule has 0 unspecified atom stereocenters. The van der Waals surface area contributed by atoms with E-state index in [0.29, 0.717) is 0 Å². The maximum Gasteiger partial charge on any atom is 0.126 e. The van der Waals surface area contributed by atoms with Gasteiger partial charge in [-0.05, 0) is 19.1 Å². The smallest absolute Gasteiger partial charge is 0.126 e. The van der Waals surface area contributed by atoms with Gasteiger partial charge < -0.3 is 10.3 Å². The molecule has 0 saturated carbocycles. The van der Waals surface area contributed by atoms with E-state index >= 15 is 0 Å². The quantitative estimate of drug-likeness (QED) is 0.771. The van der Waals surface area contributed by atoms with Crippen molar-refractivity contribution in [1.29, 1.82) is 0 Å². The van der Waals surface area contributed by atoms with E-state index in [4.69, 9.17) is 0 Å². The van der Waals surface area contributed by atoms with Crippen LogP contribution in [0, 0.1) is 6.92 Å². The average Bonchev–Trinajstić information content (AvgIpc) is 2.63. The zero-order valence-electron chi connectivity index (χ0n) is 7.99. The maximum absolute atomic E-state index is 4.16. The Hall–Kier alpha value is -1.84. The summed E-state index contributed by atoms with van der Waals surface area (Å²) in [6, 6.07) is 5.78. The summed E-state index contributed by atoms with van der Waals surface area (Å²) in [7, 11) is 0. The highest BCUT2D eigenvalue weighted by molar-refractivity contribution is 5.33. The lowest BCUT2D eigenvalue weighted by molar-refractivity contribution is 1.03. The van der Waals surface area contributed by atoms with Crippen LogP contribution in [0.15, 0.2) is 30.6 Å². The summed E-state index contributed by atoms with van der Waals surface area (Å²) in [6.07, 6.45) is 3.59. The number of H-pyrrole nitrogens is 1. The van der Waals surface area contributed by atoms with Crippen molar-refractivity contribution in [2.45, 2.75) is 13.5 Å². The molecular formula is C10H12N4. The number of aryl methyl sites for hydroxylation is 1. The average molecular weight is 188 g/mol. The third-order valence-electron chi connectivity index (χ3n) is 1.88. The lowest BCUT2D eigenvalue weighted by Gasteiger charge is -2.01. The van der Waals surface area contributed by atoms with Gasteiger partial charge in [0.15, 0.2) is 0 Å². The summed E-state index contributed by atoms with van der Waals surface area (Å²) in [5.74, 6) is 1.81. The van der Waals surface area contributed by atoms with Crippen LogP contribution in [0.3, 0.4) is 0 Å². The molecule has 72 valence electrons. The van der Waals surface area contributed by atoms with Crippen molar-refractivity contribution in [2.75, 3.05) is 5.32 Å². The highest BCUT2D eigenvalue weighted by Gasteiger charge is 1.96. The van der Waals surface area contributed by atoms with Crippen LogP contribution >= 0.6 is 0 Å². The van der Waals surface area contributed by atoms with Crippen LogP contribution in [0.1, 0.15) is 11.5 Å². The Kier molecular flexibility index (Phi) is 2.44. The first kappa shape index (κ1) is 8.74. The fraction of sp³-hybridized carbons (Fsp3) is 0.200. The van der Waals surface area contributed by atoms with Gasteiger partial charge in [0.25, 0.3) is 0 Å². The Morgan fingerprint density at radius 2 is 2.29 bits per heavy atom. The second-order valence-electron chi connectivity index (χ2n) is 3.06. The van der Waals surface area contributed by atoms with E-state index in [1.165, 1.54) is 0 Å². The zero-order chi connectivity index (χ0) is 9.80. The molecule has 2 N–H and O–H groups in total. The molecule has 2 heterocycles. The molecule has 2 rings (SSSR count). The first-order chi connectivity index (χ1) is 6.84. The fourth-order valence-electron chi connectivity index (χ4n) is 1.21. The number of imidazole rings is 1. The molecule has 0 fully saturated rings. The Labute approximate surface area is 82.4 Å². The van der Waals surface area contributed by atoms with Gasteiger partial charge in [-0.25, -0.2) is 9.97 Å².